The van der Waals surface area contributed by atoms with Gasteiger partial charge in [0.2, 0.25) is 10.0 Å². The molecular weight excluding hydrogens is 324 g/mol. The highest BCUT2D eigenvalue weighted by molar-refractivity contribution is 7.89. The number of halogens is 2. The van der Waals surface area contributed by atoms with Crippen molar-refractivity contribution in [3.63, 3.8) is 0 Å². The Morgan fingerprint density at radius 2 is 1.91 bits per heavy atom. The molecule has 0 saturated carbocycles. The first kappa shape index (κ1) is 17.5. The molecule has 0 fully saturated rings. The first-order valence-corrected chi connectivity index (χ1v) is 8.36. The fraction of sp³-hybridized carbons (Fsp3) is 0.250. The van der Waals surface area contributed by atoms with Crippen molar-refractivity contribution in [2.24, 2.45) is 0 Å². The van der Waals surface area contributed by atoms with E-state index < -0.39 is 27.8 Å². The van der Waals surface area contributed by atoms with Crippen LogP contribution in [0.25, 0.3) is 0 Å². The molecule has 124 valence electrons. The van der Waals surface area contributed by atoms with Gasteiger partial charge in [-0.05, 0) is 48.4 Å². The topological polar surface area (TPSA) is 55.4 Å². The Morgan fingerprint density at radius 3 is 2.52 bits per heavy atom. The predicted octanol–water partition coefficient (Wildman–Crippen LogP) is 2.94. The van der Waals surface area contributed by atoms with Crippen LogP contribution in [0.4, 0.5) is 8.78 Å². The summed E-state index contributed by atoms with van der Waals surface area (Å²) in [6, 6.07) is 9.29. The van der Waals surface area contributed by atoms with Crippen LogP contribution in [-0.2, 0) is 14.8 Å². The Balaban J connectivity index is 2.15. The van der Waals surface area contributed by atoms with Crippen LogP contribution in [0.2, 0.25) is 0 Å². The van der Waals surface area contributed by atoms with Gasteiger partial charge in [-0.1, -0.05) is 12.1 Å². The summed E-state index contributed by atoms with van der Waals surface area (Å²) in [5, 5.41) is 0. The van der Waals surface area contributed by atoms with Crippen molar-refractivity contribution < 1.29 is 21.9 Å². The van der Waals surface area contributed by atoms with E-state index in [0.717, 1.165) is 6.07 Å². The van der Waals surface area contributed by atoms with Crippen LogP contribution in [0.3, 0.4) is 0 Å². The van der Waals surface area contributed by atoms with E-state index in [4.69, 9.17) is 4.74 Å². The van der Waals surface area contributed by atoms with E-state index in [1.807, 2.05) is 0 Å². The molecule has 0 bridgehead atoms. The lowest BCUT2D eigenvalue weighted by Gasteiger charge is -2.17. The van der Waals surface area contributed by atoms with E-state index in [2.05, 4.69) is 4.72 Å². The molecule has 0 radical (unpaired) electrons. The number of hydrogen-bond donors (Lipinski definition) is 1. The average molecular weight is 341 g/mol. The minimum Gasteiger partial charge on any atom is -0.375 e. The summed E-state index contributed by atoms with van der Waals surface area (Å²) in [4.78, 5) is -0.0366. The van der Waals surface area contributed by atoms with Gasteiger partial charge >= 0.3 is 0 Å². The second-order valence-electron chi connectivity index (χ2n) is 5.04. The van der Waals surface area contributed by atoms with Crippen molar-refractivity contribution >= 4 is 10.0 Å². The van der Waals surface area contributed by atoms with Crippen LogP contribution < -0.4 is 4.72 Å². The van der Waals surface area contributed by atoms with Gasteiger partial charge in [-0.15, -0.1) is 0 Å². The Bertz CT molecular complexity index is 794. The number of benzene rings is 2. The van der Waals surface area contributed by atoms with Gasteiger partial charge in [0.1, 0.15) is 11.6 Å². The number of nitrogens with one attached hydrogen (secondary N) is 1. The third-order valence-corrected chi connectivity index (χ3v) is 4.82. The van der Waals surface area contributed by atoms with E-state index in [1.165, 1.54) is 44.4 Å². The van der Waals surface area contributed by atoms with E-state index in [1.54, 1.807) is 6.07 Å². The third kappa shape index (κ3) is 4.34. The maximum Gasteiger partial charge on any atom is 0.240 e. The summed E-state index contributed by atoms with van der Waals surface area (Å²) in [5.74, 6) is -0.903. The van der Waals surface area contributed by atoms with Crippen LogP contribution in [0, 0.1) is 18.6 Å². The number of ether oxygens (including phenoxy) is 1. The number of rotatable bonds is 6. The van der Waals surface area contributed by atoms with Gasteiger partial charge in [0, 0.05) is 13.7 Å². The normalized spacial score (nSPS) is 13.0. The molecule has 0 heterocycles. The second-order valence-corrected chi connectivity index (χ2v) is 6.81. The fourth-order valence-electron chi connectivity index (χ4n) is 2.10. The standard InChI is InChI=1S/C16H17F2NO3S/c1-11-8-14(6-7-15(11)18)23(20,21)19-10-16(22-2)12-4-3-5-13(17)9-12/h3-9,16,19H,10H2,1-2H3/t16-/m0/s1. The molecule has 0 saturated heterocycles. The third-order valence-electron chi connectivity index (χ3n) is 3.40. The van der Waals surface area contributed by atoms with Crippen molar-refractivity contribution in [3.8, 4) is 0 Å². The fourth-order valence-corrected chi connectivity index (χ4v) is 3.21. The van der Waals surface area contributed by atoms with Crippen LogP contribution in [0.5, 0.6) is 0 Å². The van der Waals surface area contributed by atoms with Gasteiger partial charge in [-0.25, -0.2) is 21.9 Å². The summed E-state index contributed by atoms with van der Waals surface area (Å²) in [5.41, 5.74) is 0.756. The van der Waals surface area contributed by atoms with Crippen molar-refractivity contribution in [1.29, 1.82) is 0 Å². The summed E-state index contributed by atoms with van der Waals surface area (Å²) >= 11 is 0. The zero-order chi connectivity index (χ0) is 17.0. The molecule has 0 aromatic heterocycles. The second kappa shape index (κ2) is 7.16. The average Bonchev–Trinajstić information content (AvgIpc) is 2.50. The number of aryl methyl sites for hydroxylation is 1. The molecule has 2 aromatic rings. The summed E-state index contributed by atoms with van der Waals surface area (Å²) < 4.78 is 58.6. The van der Waals surface area contributed by atoms with Gasteiger partial charge in [0.25, 0.3) is 0 Å². The van der Waals surface area contributed by atoms with Crippen LogP contribution >= 0.6 is 0 Å². The number of sulfonamides is 1. The van der Waals surface area contributed by atoms with Crippen molar-refractivity contribution in [2.45, 2.75) is 17.9 Å². The number of methoxy groups -OCH3 is 1. The molecule has 2 aromatic carbocycles. The van der Waals surface area contributed by atoms with Crippen molar-refractivity contribution in [2.75, 3.05) is 13.7 Å². The van der Waals surface area contributed by atoms with Gasteiger partial charge < -0.3 is 4.74 Å². The molecule has 0 aliphatic heterocycles. The first-order chi connectivity index (χ1) is 10.8. The molecule has 1 atom stereocenters. The van der Waals surface area contributed by atoms with E-state index >= 15 is 0 Å². The van der Waals surface area contributed by atoms with Crippen LogP contribution in [-0.4, -0.2) is 22.1 Å². The van der Waals surface area contributed by atoms with Gasteiger partial charge in [0.05, 0.1) is 11.0 Å². The maximum atomic E-state index is 13.3. The summed E-state index contributed by atoms with van der Waals surface area (Å²) in [6.45, 7) is 1.41. The summed E-state index contributed by atoms with van der Waals surface area (Å²) in [7, 11) is -2.40. The Labute approximate surface area is 134 Å². The predicted molar refractivity (Wildman–Crippen MR) is 82.5 cm³/mol. The van der Waals surface area contributed by atoms with E-state index in [0.29, 0.717) is 5.56 Å². The quantitative estimate of drug-likeness (QED) is 0.879. The first-order valence-electron chi connectivity index (χ1n) is 6.87. The zero-order valence-corrected chi connectivity index (χ0v) is 13.5. The molecule has 0 aliphatic carbocycles. The van der Waals surface area contributed by atoms with E-state index in [9.17, 15) is 17.2 Å². The van der Waals surface area contributed by atoms with Crippen LogP contribution in [0.1, 0.15) is 17.2 Å². The smallest absolute Gasteiger partial charge is 0.240 e. The molecule has 4 nitrogen and oxygen atoms in total. The highest BCUT2D eigenvalue weighted by atomic mass is 32.2. The molecule has 0 amide bonds. The molecule has 0 unspecified atom stereocenters. The lowest BCUT2D eigenvalue weighted by Crippen LogP contribution is -2.29. The maximum absolute atomic E-state index is 13.3. The van der Waals surface area contributed by atoms with E-state index in [-0.39, 0.29) is 17.0 Å². The Morgan fingerprint density at radius 1 is 1.17 bits per heavy atom. The SMILES string of the molecule is CO[C@@H](CNS(=O)(=O)c1ccc(F)c(C)c1)c1cccc(F)c1. The Hall–Kier alpha value is -1.83. The number of hydrogen-bond acceptors (Lipinski definition) is 3. The lowest BCUT2D eigenvalue weighted by molar-refractivity contribution is 0.107. The minimum absolute atomic E-state index is 0.0366. The molecule has 2 rings (SSSR count). The lowest BCUT2D eigenvalue weighted by atomic mass is 10.1. The molecule has 23 heavy (non-hydrogen) atoms. The van der Waals surface area contributed by atoms with Crippen LogP contribution in [0.15, 0.2) is 47.4 Å². The van der Waals surface area contributed by atoms with Gasteiger partial charge in [0.15, 0.2) is 0 Å². The zero-order valence-electron chi connectivity index (χ0n) is 12.7. The molecule has 7 heteroatoms. The largest absolute Gasteiger partial charge is 0.375 e. The highest BCUT2D eigenvalue weighted by Crippen LogP contribution is 2.19. The van der Waals surface area contributed by atoms with Gasteiger partial charge in [-0.3, -0.25) is 0 Å². The minimum atomic E-state index is -3.81. The molecule has 0 spiro atoms. The molecular formula is C16H17F2NO3S. The van der Waals surface area contributed by atoms with Crippen molar-refractivity contribution in [3.05, 3.63) is 65.2 Å². The summed E-state index contributed by atoms with van der Waals surface area (Å²) in [6.07, 6.45) is -0.637. The monoisotopic (exact) mass is 341 g/mol. The molecule has 0 aliphatic rings. The Kier molecular flexibility index (Phi) is 5.46. The van der Waals surface area contributed by atoms with Crippen molar-refractivity contribution in [1.82, 2.24) is 4.72 Å². The molecule has 1 N–H and O–H groups in total. The highest BCUT2D eigenvalue weighted by Gasteiger charge is 2.19. The van der Waals surface area contributed by atoms with Gasteiger partial charge in [-0.2, -0.15) is 0 Å².